The Morgan fingerprint density at radius 3 is 2.39 bits per heavy atom. The number of nitrogens with one attached hydrogen (secondary N) is 2. The van der Waals surface area contributed by atoms with E-state index in [9.17, 15) is 23.1 Å². The fourth-order valence-electron chi connectivity index (χ4n) is 2.64. The molecule has 0 aromatic carbocycles. The maximum Gasteiger partial charge on any atom is 0.412 e. The maximum absolute atomic E-state index is 12.4. The molecular formula is C16H25F3N2O2. The molecule has 4 nitrogen and oxygen atoms in total. The van der Waals surface area contributed by atoms with Crippen LogP contribution in [0.3, 0.4) is 0 Å². The first-order valence-corrected chi connectivity index (χ1v) is 7.55. The molecule has 0 saturated heterocycles. The van der Waals surface area contributed by atoms with Gasteiger partial charge in [0.05, 0.1) is 5.60 Å². The van der Waals surface area contributed by atoms with Crippen LogP contribution in [-0.4, -0.2) is 36.0 Å². The van der Waals surface area contributed by atoms with E-state index in [1.54, 1.807) is 0 Å². The maximum atomic E-state index is 12.4. The van der Waals surface area contributed by atoms with Crippen LogP contribution in [0.4, 0.5) is 18.0 Å². The number of hydrogen-bond acceptors (Lipinski definition) is 2. The quantitative estimate of drug-likeness (QED) is 0.676. The summed E-state index contributed by atoms with van der Waals surface area (Å²) >= 11 is 0. The molecule has 0 heterocycles. The van der Waals surface area contributed by atoms with E-state index in [1.807, 2.05) is 13.8 Å². The minimum Gasteiger partial charge on any atom is -0.387 e. The lowest BCUT2D eigenvalue weighted by molar-refractivity contribution is -0.0913. The minimum absolute atomic E-state index is 0.0962. The molecule has 23 heavy (non-hydrogen) atoms. The molecule has 1 atom stereocenters. The van der Waals surface area contributed by atoms with Crippen LogP contribution in [0.15, 0.2) is 23.8 Å². The number of halogens is 3. The molecule has 1 fully saturated rings. The van der Waals surface area contributed by atoms with Crippen LogP contribution in [0.5, 0.6) is 0 Å². The Labute approximate surface area is 134 Å². The summed E-state index contributed by atoms with van der Waals surface area (Å²) in [5, 5.41) is 15.6. The van der Waals surface area contributed by atoms with Gasteiger partial charge in [-0.1, -0.05) is 20.4 Å². The zero-order valence-electron chi connectivity index (χ0n) is 13.8. The molecule has 0 bridgehead atoms. The van der Waals surface area contributed by atoms with E-state index >= 15 is 0 Å². The summed E-state index contributed by atoms with van der Waals surface area (Å²) in [4.78, 5) is 11.7. The number of amides is 2. The van der Waals surface area contributed by atoms with E-state index in [0.717, 1.165) is 25.8 Å². The lowest BCUT2D eigenvalue weighted by atomic mass is 9.78. The van der Waals surface area contributed by atoms with Gasteiger partial charge in [-0.2, -0.15) is 13.2 Å². The fraction of sp³-hybridized carbons (Fsp3) is 0.688. The second-order valence-electron chi connectivity index (χ2n) is 6.79. The van der Waals surface area contributed by atoms with Crippen molar-refractivity contribution in [1.82, 2.24) is 10.6 Å². The van der Waals surface area contributed by atoms with Crippen molar-refractivity contribution in [3.05, 3.63) is 23.8 Å². The van der Waals surface area contributed by atoms with Gasteiger partial charge in [0, 0.05) is 18.7 Å². The summed E-state index contributed by atoms with van der Waals surface area (Å²) in [7, 11) is 0. The number of rotatable bonds is 5. The first-order chi connectivity index (χ1) is 10.4. The van der Waals surface area contributed by atoms with E-state index in [2.05, 4.69) is 17.2 Å². The summed E-state index contributed by atoms with van der Waals surface area (Å²) in [6, 6.07) is -0.541. The predicted molar refractivity (Wildman–Crippen MR) is 82.9 cm³/mol. The Kier molecular flexibility index (Phi) is 5.90. The molecule has 0 radical (unpaired) electrons. The standard InChI is InChI=1S/C16H25F3N2O2/c1-11(8-12(2)16(17,18)19)9-20-13(22)21-10-15(23)7-5-6-14(15,3)4/h8,23H,1,5-7,9-10H2,2-4H3,(H2,20,21,22)/b12-8+. The largest absolute Gasteiger partial charge is 0.412 e. The molecule has 1 unspecified atom stereocenters. The monoisotopic (exact) mass is 334 g/mol. The van der Waals surface area contributed by atoms with Crippen LogP contribution in [0.1, 0.15) is 40.0 Å². The highest BCUT2D eigenvalue weighted by Gasteiger charge is 2.47. The zero-order valence-corrected chi connectivity index (χ0v) is 13.8. The van der Waals surface area contributed by atoms with Gasteiger partial charge < -0.3 is 15.7 Å². The number of alkyl halides is 3. The molecule has 0 spiro atoms. The van der Waals surface area contributed by atoms with E-state index in [-0.39, 0.29) is 24.1 Å². The number of allylic oxidation sites excluding steroid dienone is 1. The molecule has 7 heteroatoms. The second-order valence-corrected chi connectivity index (χ2v) is 6.79. The van der Waals surface area contributed by atoms with Crippen molar-refractivity contribution in [1.29, 1.82) is 0 Å². The highest BCUT2D eigenvalue weighted by Crippen LogP contribution is 2.45. The van der Waals surface area contributed by atoms with Crippen molar-refractivity contribution in [2.75, 3.05) is 13.1 Å². The van der Waals surface area contributed by atoms with Crippen LogP contribution < -0.4 is 10.6 Å². The normalized spacial score (nSPS) is 24.4. The molecular weight excluding hydrogens is 309 g/mol. The molecule has 0 aromatic heterocycles. The molecule has 132 valence electrons. The van der Waals surface area contributed by atoms with Gasteiger partial charge in [-0.05, 0) is 43.3 Å². The second kappa shape index (κ2) is 6.95. The van der Waals surface area contributed by atoms with Gasteiger partial charge >= 0.3 is 12.2 Å². The Balaban J connectivity index is 2.42. The third-order valence-electron chi connectivity index (χ3n) is 4.54. The number of carbonyl (C=O) groups excluding carboxylic acids is 1. The number of aliphatic hydroxyl groups is 1. The summed E-state index contributed by atoms with van der Waals surface area (Å²) < 4.78 is 37.1. The summed E-state index contributed by atoms with van der Waals surface area (Å²) in [6.45, 7) is 8.35. The lowest BCUT2D eigenvalue weighted by Gasteiger charge is -2.36. The molecule has 1 aliphatic carbocycles. The van der Waals surface area contributed by atoms with Gasteiger partial charge in [0.15, 0.2) is 0 Å². The van der Waals surface area contributed by atoms with Crippen molar-refractivity contribution in [3.63, 3.8) is 0 Å². The third kappa shape index (κ3) is 5.27. The number of hydrogen-bond donors (Lipinski definition) is 3. The number of urea groups is 1. The first kappa shape index (κ1) is 19.5. The highest BCUT2D eigenvalue weighted by atomic mass is 19.4. The van der Waals surface area contributed by atoms with Crippen LogP contribution in [0, 0.1) is 5.41 Å². The molecule has 1 saturated carbocycles. The van der Waals surface area contributed by atoms with E-state index < -0.39 is 23.4 Å². The lowest BCUT2D eigenvalue weighted by Crippen LogP contribution is -2.51. The average Bonchev–Trinajstić information content (AvgIpc) is 2.67. The van der Waals surface area contributed by atoms with E-state index in [1.165, 1.54) is 0 Å². The van der Waals surface area contributed by atoms with Crippen LogP contribution >= 0.6 is 0 Å². The first-order valence-electron chi connectivity index (χ1n) is 7.55. The smallest absolute Gasteiger partial charge is 0.387 e. The molecule has 0 aliphatic heterocycles. The Bertz CT molecular complexity index is 498. The minimum atomic E-state index is -4.40. The molecule has 1 aliphatic rings. The number of carbonyl (C=O) groups is 1. The van der Waals surface area contributed by atoms with Crippen LogP contribution in [0.2, 0.25) is 0 Å². The predicted octanol–water partition coefficient (Wildman–Crippen LogP) is 3.29. The Hall–Kier alpha value is -1.50. The van der Waals surface area contributed by atoms with Crippen molar-refractivity contribution < 1.29 is 23.1 Å². The summed E-state index contributed by atoms with van der Waals surface area (Å²) in [6.07, 6.45) is -1.12. The van der Waals surface area contributed by atoms with Gasteiger partial charge in [-0.3, -0.25) is 0 Å². The third-order valence-corrected chi connectivity index (χ3v) is 4.54. The van der Waals surface area contributed by atoms with Crippen LogP contribution in [-0.2, 0) is 0 Å². The van der Waals surface area contributed by atoms with Crippen molar-refractivity contribution in [2.45, 2.75) is 51.8 Å². The van der Waals surface area contributed by atoms with E-state index in [0.29, 0.717) is 6.42 Å². The SMILES string of the molecule is C=C(/C=C(\C)C(F)(F)F)CNC(=O)NCC1(O)CCCC1(C)C. The van der Waals surface area contributed by atoms with Gasteiger partial charge in [0.1, 0.15) is 0 Å². The Morgan fingerprint density at radius 1 is 1.30 bits per heavy atom. The summed E-state index contributed by atoms with van der Waals surface area (Å²) in [5.41, 5.74) is -1.87. The Morgan fingerprint density at radius 2 is 1.91 bits per heavy atom. The molecule has 2 amide bonds. The topological polar surface area (TPSA) is 61.4 Å². The highest BCUT2D eigenvalue weighted by molar-refractivity contribution is 5.74. The van der Waals surface area contributed by atoms with Gasteiger partial charge in [0.2, 0.25) is 0 Å². The molecule has 0 aromatic rings. The zero-order chi connectivity index (χ0) is 17.9. The van der Waals surface area contributed by atoms with Crippen molar-refractivity contribution >= 4 is 6.03 Å². The summed E-state index contributed by atoms with van der Waals surface area (Å²) in [5.74, 6) is 0. The molecule has 1 rings (SSSR count). The van der Waals surface area contributed by atoms with Gasteiger partial charge in [-0.15, -0.1) is 0 Å². The van der Waals surface area contributed by atoms with Crippen molar-refractivity contribution in [3.8, 4) is 0 Å². The van der Waals surface area contributed by atoms with Crippen molar-refractivity contribution in [2.24, 2.45) is 5.41 Å². The van der Waals surface area contributed by atoms with E-state index in [4.69, 9.17) is 0 Å². The van der Waals surface area contributed by atoms with Crippen LogP contribution in [0.25, 0.3) is 0 Å². The van der Waals surface area contributed by atoms with Gasteiger partial charge in [0.25, 0.3) is 0 Å². The molecule has 3 N–H and O–H groups in total. The van der Waals surface area contributed by atoms with Gasteiger partial charge in [-0.25, -0.2) is 4.79 Å². The fourth-order valence-corrected chi connectivity index (χ4v) is 2.64. The average molecular weight is 334 g/mol.